The van der Waals surface area contributed by atoms with Crippen LogP contribution in [0.4, 0.5) is 5.95 Å². The van der Waals surface area contributed by atoms with Crippen LogP contribution in [-0.2, 0) is 17.8 Å². The van der Waals surface area contributed by atoms with E-state index in [-0.39, 0.29) is 6.54 Å². The largest absolute Gasteiger partial charge is 0.480 e. The standard InChI is InChI=1S/C10H14N4O2/c1-14-3-2-8-7(6-14)4-11-10(13-8)12-5-9(15)16/h4H,2-3,5-6H2,1H3,(H,15,16)(H,11,12,13). The van der Waals surface area contributed by atoms with Gasteiger partial charge >= 0.3 is 5.97 Å². The number of carboxylic acid groups (broad SMARTS) is 1. The first kappa shape index (κ1) is 10.8. The van der Waals surface area contributed by atoms with E-state index in [1.165, 1.54) is 0 Å². The number of carboxylic acids is 1. The Morgan fingerprint density at radius 1 is 1.69 bits per heavy atom. The van der Waals surface area contributed by atoms with Crippen molar-refractivity contribution in [2.45, 2.75) is 13.0 Å². The molecule has 2 heterocycles. The fourth-order valence-corrected chi connectivity index (χ4v) is 1.70. The zero-order valence-electron chi connectivity index (χ0n) is 9.10. The minimum atomic E-state index is -0.916. The summed E-state index contributed by atoms with van der Waals surface area (Å²) >= 11 is 0. The monoisotopic (exact) mass is 222 g/mol. The lowest BCUT2D eigenvalue weighted by atomic mass is 10.1. The van der Waals surface area contributed by atoms with Gasteiger partial charge in [-0.05, 0) is 7.05 Å². The molecule has 0 atom stereocenters. The molecule has 2 rings (SSSR count). The van der Waals surface area contributed by atoms with Crippen molar-refractivity contribution >= 4 is 11.9 Å². The van der Waals surface area contributed by atoms with Gasteiger partial charge in [0.15, 0.2) is 0 Å². The number of anilines is 1. The van der Waals surface area contributed by atoms with Crippen LogP contribution in [-0.4, -0.2) is 46.1 Å². The number of hydrogen-bond donors (Lipinski definition) is 2. The van der Waals surface area contributed by atoms with E-state index >= 15 is 0 Å². The Labute approximate surface area is 93.3 Å². The van der Waals surface area contributed by atoms with E-state index in [1.54, 1.807) is 6.20 Å². The smallest absolute Gasteiger partial charge is 0.322 e. The first-order chi connectivity index (χ1) is 7.65. The maximum absolute atomic E-state index is 10.4. The van der Waals surface area contributed by atoms with E-state index in [2.05, 4.69) is 27.2 Å². The molecule has 1 aliphatic heterocycles. The lowest BCUT2D eigenvalue weighted by Gasteiger charge is -2.23. The lowest BCUT2D eigenvalue weighted by Crippen LogP contribution is -2.28. The van der Waals surface area contributed by atoms with E-state index in [0.29, 0.717) is 5.95 Å². The van der Waals surface area contributed by atoms with Crippen molar-refractivity contribution in [2.75, 3.05) is 25.5 Å². The van der Waals surface area contributed by atoms with E-state index < -0.39 is 5.97 Å². The summed E-state index contributed by atoms with van der Waals surface area (Å²) in [4.78, 5) is 21.0. The summed E-state index contributed by atoms with van der Waals surface area (Å²) in [6.07, 6.45) is 2.65. The van der Waals surface area contributed by atoms with Gasteiger partial charge in [-0.15, -0.1) is 0 Å². The molecule has 0 spiro atoms. The molecule has 2 N–H and O–H groups in total. The second kappa shape index (κ2) is 4.44. The normalized spacial score (nSPS) is 15.6. The van der Waals surface area contributed by atoms with E-state index in [4.69, 9.17) is 5.11 Å². The van der Waals surface area contributed by atoms with Crippen LogP contribution in [0.1, 0.15) is 11.3 Å². The summed E-state index contributed by atoms with van der Waals surface area (Å²) in [5.41, 5.74) is 2.13. The number of nitrogens with zero attached hydrogens (tertiary/aromatic N) is 3. The van der Waals surface area contributed by atoms with Crippen molar-refractivity contribution in [1.82, 2.24) is 14.9 Å². The number of likely N-dealkylation sites (N-methyl/N-ethyl adjacent to an activating group) is 1. The van der Waals surface area contributed by atoms with Crippen LogP contribution in [0.5, 0.6) is 0 Å². The molecule has 0 saturated carbocycles. The highest BCUT2D eigenvalue weighted by molar-refractivity contribution is 5.71. The molecule has 0 unspecified atom stereocenters. The van der Waals surface area contributed by atoms with Crippen molar-refractivity contribution in [3.63, 3.8) is 0 Å². The number of aromatic nitrogens is 2. The summed E-state index contributed by atoms with van der Waals surface area (Å²) in [5, 5.41) is 11.2. The third-order valence-corrected chi connectivity index (χ3v) is 2.52. The maximum atomic E-state index is 10.4. The molecule has 1 aromatic heterocycles. The van der Waals surface area contributed by atoms with E-state index in [9.17, 15) is 4.79 Å². The molecule has 16 heavy (non-hydrogen) atoms. The van der Waals surface area contributed by atoms with Crippen molar-refractivity contribution < 1.29 is 9.90 Å². The summed E-state index contributed by atoms with van der Waals surface area (Å²) in [6.45, 7) is 1.68. The Balaban J connectivity index is 2.10. The fraction of sp³-hybridized carbons (Fsp3) is 0.500. The third-order valence-electron chi connectivity index (χ3n) is 2.52. The summed E-state index contributed by atoms with van der Waals surface area (Å²) in [5.74, 6) is -0.522. The van der Waals surface area contributed by atoms with Gasteiger partial charge in [0.1, 0.15) is 6.54 Å². The second-order valence-electron chi connectivity index (χ2n) is 3.90. The molecule has 0 radical (unpaired) electrons. The highest BCUT2D eigenvalue weighted by Crippen LogP contribution is 2.15. The molecular weight excluding hydrogens is 208 g/mol. The predicted octanol–water partition coefficient (Wildman–Crippen LogP) is -0.0390. The Hall–Kier alpha value is -1.69. The molecule has 6 heteroatoms. The zero-order chi connectivity index (χ0) is 11.5. The fourth-order valence-electron chi connectivity index (χ4n) is 1.70. The predicted molar refractivity (Wildman–Crippen MR) is 58.2 cm³/mol. The van der Waals surface area contributed by atoms with Crippen molar-refractivity contribution in [3.8, 4) is 0 Å². The van der Waals surface area contributed by atoms with Crippen LogP contribution in [0, 0.1) is 0 Å². The molecule has 0 fully saturated rings. The number of nitrogens with one attached hydrogen (secondary N) is 1. The van der Waals surface area contributed by atoms with Gasteiger partial charge in [-0.2, -0.15) is 0 Å². The molecule has 86 valence electrons. The second-order valence-corrected chi connectivity index (χ2v) is 3.90. The number of fused-ring (bicyclic) bond motifs is 1. The van der Waals surface area contributed by atoms with Gasteiger partial charge in [0, 0.05) is 31.3 Å². The first-order valence-corrected chi connectivity index (χ1v) is 5.14. The highest BCUT2D eigenvalue weighted by Gasteiger charge is 2.15. The van der Waals surface area contributed by atoms with Gasteiger partial charge in [-0.3, -0.25) is 4.79 Å². The van der Waals surface area contributed by atoms with Gasteiger partial charge in [0.25, 0.3) is 0 Å². The average Bonchev–Trinajstić information content (AvgIpc) is 2.26. The van der Waals surface area contributed by atoms with Crippen LogP contribution in [0.15, 0.2) is 6.20 Å². The van der Waals surface area contributed by atoms with Crippen LogP contribution in [0.3, 0.4) is 0 Å². The van der Waals surface area contributed by atoms with Crippen molar-refractivity contribution in [3.05, 3.63) is 17.5 Å². The molecule has 0 bridgehead atoms. The minimum absolute atomic E-state index is 0.154. The zero-order valence-corrected chi connectivity index (χ0v) is 9.10. The molecule has 0 aliphatic carbocycles. The average molecular weight is 222 g/mol. The van der Waals surface area contributed by atoms with E-state index in [0.717, 1.165) is 30.8 Å². The molecule has 0 saturated heterocycles. The van der Waals surface area contributed by atoms with Gasteiger partial charge in [0.05, 0.1) is 5.69 Å². The van der Waals surface area contributed by atoms with Crippen LogP contribution < -0.4 is 5.32 Å². The molecule has 1 aliphatic rings. The first-order valence-electron chi connectivity index (χ1n) is 5.14. The van der Waals surface area contributed by atoms with Gasteiger partial charge in [-0.1, -0.05) is 0 Å². The van der Waals surface area contributed by atoms with Crippen molar-refractivity contribution in [1.29, 1.82) is 0 Å². The Morgan fingerprint density at radius 2 is 2.50 bits per heavy atom. The number of rotatable bonds is 3. The third kappa shape index (κ3) is 2.46. The molecule has 0 amide bonds. The van der Waals surface area contributed by atoms with Crippen LogP contribution >= 0.6 is 0 Å². The molecule has 0 aromatic carbocycles. The summed E-state index contributed by atoms with van der Waals surface area (Å²) < 4.78 is 0. The topological polar surface area (TPSA) is 78.4 Å². The Bertz CT molecular complexity index is 408. The molecule has 1 aromatic rings. The van der Waals surface area contributed by atoms with Gasteiger partial charge < -0.3 is 15.3 Å². The molecule has 6 nitrogen and oxygen atoms in total. The van der Waals surface area contributed by atoms with Crippen LogP contribution in [0.2, 0.25) is 0 Å². The SMILES string of the molecule is CN1CCc2nc(NCC(=O)O)ncc2C1. The maximum Gasteiger partial charge on any atom is 0.322 e. The lowest BCUT2D eigenvalue weighted by molar-refractivity contribution is -0.134. The highest BCUT2D eigenvalue weighted by atomic mass is 16.4. The molecular formula is C10H14N4O2. The quantitative estimate of drug-likeness (QED) is 0.747. The van der Waals surface area contributed by atoms with E-state index in [1.807, 2.05) is 0 Å². The van der Waals surface area contributed by atoms with Crippen molar-refractivity contribution in [2.24, 2.45) is 0 Å². The summed E-state index contributed by atoms with van der Waals surface area (Å²) in [7, 11) is 2.06. The summed E-state index contributed by atoms with van der Waals surface area (Å²) in [6, 6.07) is 0. The number of carbonyl (C=O) groups is 1. The Kier molecular flexibility index (Phi) is 3.00. The van der Waals surface area contributed by atoms with Gasteiger partial charge in [-0.25, -0.2) is 9.97 Å². The number of aliphatic carboxylic acids is 1. The minimum Gasteiger partial charge on any atom is -0.480 e. The Morgan fingerprint density at radius 3 is 3.25 bits per heavy atom. The number of hydrogen-bond acceptors (Lipinski definition) is 5. The van der Waals surface area contributed by atoms with Crippen LogP contribution in [0.25, 0.3) is 0 Å². The van der Waals surface area contributed by atoms with Gasteiger partial charge in [0.2, 0.25) is 5.95 Å².